The molecule has 0 aliphatic rings. The molecule has 22 heavy (non-hydrogen) atoms. The highest BCUT2D eigenvalue weighted by molar-refractivity contribution is 7.34. The van der Waals surface area contributed by atoms with Gasteiger partial charge in [-0.05, 0) is 87.1 Å². The summed E-state index contributed by atoms with van der Waals surface area (Å²) in [6.45, 7) is 12.0. The van der Waals surface area contributed by atoms with Gasteiger partial charge in [0.25, 0.3) is 0 Å². The molecule has 0 amide bonds. The summed E-state index contributed by atoms with van der Waals surface area (Å²) in [6.07, 6.45) is 0. The zero-order valence-electron chi connectivity index (χ0n) is 14.0. The molecule has 0 radical (unpaired) electrons. The molecule has 0 unspecified atom stereocenters. The third-order valence-corrected chi connectivity index (χ3v) is 4.74. The van der Waals surface area contributed by atoms with E-state index in [-0.39, 0.29) is 0 Å². The minimum absolute atomic E-state index is 0.619. The van der Waals surface area contributed by atoms with E-state index in [1.807, 2.05) is 65.8 Å². The Morgan fingerprint density at radius 2 is 0.909 bits per heavy atom. The van der Waals surface area contributed by atoms with E-state index in [1.54, 1.807) is 0 Å². The standard InChI is InChI=1S/C18H23O3P/c1-11-7-15(5)17(9-13(11)3)20-22(19)21-18-10-14(4)12(2)8-16(18)6/h7-10,22H,1-6H3. The molecule has 0 saturated carbocycles. The lowest BCUT2D eigenvalue weighted by molar-refractivity contribution is 0.413. The summed E-state index contributed by atoms with van der Waals surface area (Å²) in [5, 5.41) is 0. The highest BCUT2D eigenvalue weighted by Crippen LogP contribution is 2.35. The quantitative estimate of drug-likeness (QED) is 0.710. The molecule has 0 aromatic heterocycles. The smallest absolute Gasteiger partial charge is 0.418 e. The lowest BCUT2D eigenvalue weighted by Gasteiger charge is -2.14. The maximum absolute atomic E-state index is 12.2. The van der Waals surface area contributed by atoms with Crippen molar-refractivity contribution in [2.45, 2.75) is 41.5 Å². The van der Waals surface area contributed by atoms with Gasteiger partial charge in [0.2, 0.25) is 0 Å². The lowest BCUT2D eigenvalue weighted by atomic mass is 10.1. The summed E-state index contributed by atoms with van der Waals surface area (Å²) in [4.78, 5) is 0. The summed E-state index contributed by atoms with van der Waals surface area (Å²) in [6, 6.07) is 7.87. The first kappa shape index (κ1) is 16.6. The molecule has 0 aliphatic carbocycles. The Balaban J connectivity index is 2.17. The van der Waals surface area contributed by atoms with Crippen LogP contribution in [0.5, 0.6) is 11.5 Å². The number of benzene rings is 2. The highest BCUT2D eigenvalue weighted by atomic mass is 31.1. The van der Waals surface area contributed by atoms with Crippen LogP contribution in [0.2, 0.25) is 0 Å². The van der Waals surface area contributed by atoms with Crippen LogP contribution in [-0.4, -0.2) is 0 Å². The third kappa shape index (κ3) is 3.72. The molecule has 118 valence electrons. The molecule has 0 fully saturated rings. The SMILES string of the molecule is Cc1cc(C)c(O[PH](=O)Oc2cc(C)c(C)cc2C)cc1C. The average molecular weight is 318 g/mol. The summed E-state index contributed by atoms with van der Waals surface area (Å²) >= 11 is 0. The van der Waals surface area contributed by atoms with Crippen molar-refractivity contribution in [1.29, 1.82) is 0 Å². The van der Waals surface area contributed by atoms with Gasteiger partial charge < -0.3 is 9.05 Å². The van der Waals surface area contributed by atoms with E-state index in [9.17, 15) is 4.57 Å². The Morgan fingerprint density at radius 1 is 0.591 bits per heavy atom. The molecule has 2 aromatic rings. The molecule has 4 heteroatoms. The maximum Gasteiger partial charge on any atom is 0.418 e. The van der Waals surface area contributed by atoms with Crippen LogP contribution in [-0.2, 0) is 4.57 Å². The second-order valence-electron chi connectivity index (χ2n) is 5.86. The van der Waals surface area contributed by atoms with E-state index in [2.05, 4.69) is 0 Å². The Kier molecular flexibility index (Phi) is 4.97. The fraction of sp³-hybridized carbons (Fsp3) is 0.333. The molecular weight excluding hydrogens is 295 g/mol. The van der Waals surface area contributed by atoms with Gasteiger partial charge in [0.05, 0.1) is 0 Å². The van der Waals surface area contributed by atoms with Crippen molar-refractivity contribution >= 4 is 8.25 Å². The van der Waals surface area contributed by atoms with Gasteiger partial charge in [-0.1, -0.05) is 12.1 Å². The van der Waals surface area contributed by atoms with Crippen LogP contribution >= 0.6 is 8.25 Å². The molecular formula is C18H23O3P. The van der Waals surface area contributed by atoms with Crippen LogP contribution in [0.4, 0.5) is 0 Å². The first-order chi connectivity index (χ1) is 10.3. The van der Waals surface area contributed by atoms with Crippen molar-refractivity contribution in [2.24, 2.45) is 0 Å². The second-order valence-corrected chi connectivity index (χ2v) is 6.77. The van der Waals surface area contributed by atoms with E-state index in [4.69, 9.17) is 9.05 Å². The van der Waals surface area contributed by atoms with Gasteiger partial charge in [-0.15, -0.1) is 0 Å². The lowest BCUT2D eigenvalue weighted by Crippen LogP contribution is -1.95. The van der Waals surface area contributed by atoms with E-state index in [0.717, 1.165) is 22.3 Å². The number of rotatable bonds is 4. The molecule has 0 atom stereocenters. The van der Waals surface area contributed by atoms with Gasteiger partial charge in [-0.25, -0.2) is 4.57 Å². The molecule has 0 aliphatic heterocycles. The molecule has 0 saturated heterocycles. The van der Waals surface area contributed by atoms with Crippen LogP contribution in [0.15, 0.2) is 24.3 Å². The van der Waals surface area contributed by atoms with E-state index >= 15 is 0 Å². The number of hydrogen-bond acceptors (Lipinski definition) is 3. The molecule has 0 N–H and O–H groups in total. The predicted molar refractivity (Wildman–Crippen MR) is 91.6 cm³/mol. The first-order valence-electron chi connectivity index (χ1n) is 7.33. The van der Waals surface area contributed by atoms with Crippen molar-refractivity contribution in [3.8, 4) is 11.5 Å². The topological polar surface area (TPSA) is 35.5 Å². The molecule has 2 rings (SSSR count). The van der Waals surface area contributed by atoms with Gasteiger partial charge in [-0.2, -0.15) is 0 Å². The fourth-order valence-corrected chi connectivity index (χ4v) is 3.13. The monoisotopic (exact) mass is 318 g/mol. The molecule has 0 bridgehead atoms. The summed E-state index contributed by atoms with van der Waals surface area (Å²) in [7, 11) is -2.65. The zero-order chi connectivity index (χ0) is 16.4. The second kappa shape index (κ2) is 6.58. The van der Waals surface area contributed by atoms with Crippen molar-refractivity contribution in [3.05, 3.63) is 57.6 Å². The third-order valence-electron chi connectivity index (χ3n) is 3.97. The minimum atomic E-state index is -2.65. The van der Waals surface area contributed by atoms with Crippen LogP contribution in [0.3, 0.4) is 0 Å². The minimum Gasteiger partial charge on any atom is -0.418 e. The normalized spacial score (nSPS) is 10.9. The van der Waals surface area contributed by atoms with Crippen LogP contribution in [0.25, 0.3) is 0 Å². The Hall–Kier alpha value is -1.73. The van der Waals surface area contributed by atoms with E-state index < -0.39 is 8.25 Å². The van der Waals surface area contributed by atoms with Crippen molar-refractivity contribution in [2.75, 3.05) is 0 Å². The average Bonchev–Trinajstić information content (AvgIpc) is 2.42. The molecule has 0 spiro atoms. The molecule has 0 heterocycles. The highest BCUT2D eigenvalue weighted by Gasteiger charge is 2.11. The maximum atomic E-state index is 12.2. The Bertz CT molecular complexity index is 674. The summed E-state index contributed by atoms with van der Waals surface area (Å²) < 4.78 is 23.3. The number of hydrogen-bond donors (Lipinski definition) is 0. The predicted octanol–water partition coefficient (Wildman–Crippen LogP) is 5.38. The van der Waals surface area contributed by atoms with E-state index in [0.29, 0.717) is 11.5 Å². The zero-order valence-corrected chi connectivity index (χ0v) is 15.0. The van der Waals surface area contributed by atoms with Gasteiger partial charge in [0, 0.05) is 0 Å². The van der Waals surface area contributed by atoms with Crippen LogP contribution in [0.1, 0.15) is 33.4 Å². The first-order valence-corrected chi connectivity index (χ1v) is 8.55. The van der Waals surface area contributed by atoms with Crippen LogP contribution < -0.4 is 9.05 Å². The van der Waals surface area contributed by atoms with E-state index in [1.165, 1.54) is 11.1 Å². The summed E-state index contributed by atoms with van der Waals surface area (Å²) in [5.41, 5.74) is 6.52. The Morgan fingerprint density at radius 3 is 1.27 bits per heavy atom. The van der Waals surface area contributed by atoms with Crippen molar-refractivity contribution in [3.63, 3.8) is 0 Å². The van der Waals surface area contributed by atoms with Crippen molar-refractivity contribution < 1.29 is 13.6 Å². The molecule has 3 nitrogen and oxygen atoms in total. The van der Waals surface area contributed by atoms with Gasteiger partial charge in [-0.3, -0.25) is 0 Å². The van der Waals surface area contributed by atoms with Gasteiger partial charge >= 0.3 is 8.25 Å². The number of aryl methyl sites for hydroxylation is 6. The Labute approximate surface area is 133 Å². The largest absolute Gasteiger partial charge is 0.418 e. The van der Waals surface area contributed by atoms with Gasteiger partial charge in [0.15, 0.2) is 0 Å². The molecule has 2 aromatic carbocycles. The fourth-order valence-electron chi connectivity index (χ4n) is 2.29. The summed E-state index contributed by atoms with van der Waals surface area (Å²) in [5.74, 6) is 1.24. The van der Waals surface area contributed by atoms with Crippen LogP contribution in [0, 0.1) is 41.5 Å². The van der Waals surface area contributed by atoms with Gasteiger partial charge in [0.1, 0.15) is 11.5 Å². The van der Waals surface area contributed by atoms with Crippen molar-refractivity contribution in [1.82, 2.24) is 0 Å².